The van der Waals surface area contributed by atoms with E-state index in [1.54, 1.807) is 0 Å². The molecule has 1 aromatic heterocycles. The van der Waals surface area contributed by atoms with Crippen LogP contribution < -0.4 is 10.6 Å². The molecule has 2 heterocycles. The Hall–Kier alpha value is -1.16. The minimum atomic E-state index is 0.511. The second kappa shape index (κ2) is 4.37. The molecule has 0 unspecified atom stereocenters. The van der Waals surface area contributed by atoms with Crippen LogP contribution >= 0.6 is 0 Å². The minimum absolute atomic E-state index is 0.511. The van der Waals surface area contributed by atoms with E-state index in [4.69, 9.17) is 0 Å². The Balaban J connectivity index is 1.64. The summed E-state index contributed by atoms with van der Waals surface area (Å²) in [5.41, 5.74) is 1.31. The van der Waals surface area contributed by atoms with Crippen molar-refractivity contribution in [2.75, 3.05) is 18.4 Å². The molecule has 1 saturated heterocycles. The molecule has 1 aromatic rings. The standard InChI is InChI=1S/C12H18N4/c1-2-4-9(3-1)10-5-14-12(15-6-10)16-11-7-13-8-11/h5-6,9,11,13H,1-4,7-8H2,(H,14,15,16). The Labute approximate surface area is 95.9 Å². The van der Waals surface area contributed by atoms with Crippen LogP contribution in [0.3, 0.4) is 0 Å². The molecule has 4 nitrogen and oxygen atoms in total. The van der Waals surface area contributed by atoms with E-state index in [0.29, 0.717) is 12.0 Å². The van der Waals surface area contributed by atoms with Gasteiger partial charge in [0, 0.05) is 25.5 Å². The molecule has 0 spiro atoms. The molecule has 1 saturated carbocycles. The van der Waals surface area contributed by atoms with Crippen molar-refractivity contribution in [3.63, 3.8) is 0 Å². The smallest absolute Gasteiger partial charge is 0.222 e. The van der Waals surface area contributed by atoms with Gasteiger partial charge in [0.15, 0.2) is 0 Å². The first-order chi connectivity index (χ1) is 7.92. The molecular formula is C12H18N4. The van der Waals surface area contributed by atoms with Gasteiger partial charge < -0.3 is 10.6 Å². The average molecular weight is 218 g/mol. The summed E-state index contributed by atoms with van der Waals surface area (Å²) in [7, 11) is 0. The van der Waals surface area contributed by atoms with E-state index in [2.05, 4.69) is 20.6 Å². The van der Waals surface area contributed by atoms with Crippen LogP contribution in [0.25, 0.3) is 0 Å². The van der Waals surface area contributed by atoms with E-state index in [9.17, 15) is 0 Å². The molecule has 0 atom stereocenters. The van der Waals surface area contributed by atoms with Crippen molar-refractivity contribution < 1.29 is 0 Å². The van der Waals surface area contributed by atoms with Crippen LogP contribution in [0.15, 0.2) is 12.4 Å². The van der Waals surface area contributed by atoms with Crippen LogP contribution in [0.5, 0.6) is 0 Å². The summed E-state index contributed by atoms with van der Waals surface area (Å²) in [4.78, 5) is 8.79. The highest BCUT2D eigenvalue weighted by atomic mass is 15.2. The van der Waals surface area contributed by atoms with Crippen LogP contribution in [0, 0.1) is 0 Å². The second-order valence-corrected chi connectivity index (χ2v) is 4.82. The van der Waals surface area contributed by atoms with Gasteiger partial charge in [-0.05, 0) is 24.3 Å². The van der Waals surface area contributed by atoms with E-state index in [1.165, 1.54) is 31.2 Å². The third-order valence-electron chi connectivity index (χ3n) is 3.61. The number of anilines is 1. The van der Waals surface area contributed by atoms with Gasteiger partial charge in [-0.2, -0.15) is 0 Å². The maximum Gasteiger partial charge on any atom is 0.222 e. The van der Waals surface area contributed by atoms with Gasteiger partial charge in [-0.1, -0.05) is 12.8 Å². The number of aromatic nitrogens is 2. The third-order valence-corrected chi connectivity index (χ3v) is 3.61. The fourth-order valence-corrected chi connectivity index (χ4v) is 2.46. The lowest BCUT2D eigenvalue weighted by atomic mass is 10.0. The van der Waals surface area contributed by atoms with Crippen molar-refractivity contribution in [3.05, 3.63) is 18.0 Å². The number of rotatable bonds is 3. The molecule has 1 aliphatic heterocycles. The lowest BCUT2D eigenvalue weighted by Crippen LogP contribution is -2.51. The summed E-state index contributed by atoms with van der Waals surface area (Å²) in [6.07, 6.45) is 9.33. The predicted octanol–water partition coefficient (Wildman–Crippen LogP) is 1.52. The largest absolute Gasteiger partial charge is 0.349 e. The van der Waals surface area contributed by atoms with Gasteiger partial charge >= 0.3 is 0 Å². The van der Waals surface area contributed by atoms with Gasteiger partial charge in [0.2, 0.25) is 5.95 Å². The number of hydrogen-bond acceptors (Lipinski definition) is 4. The highest BCUT2D eigenvalue weighted by molar-refractivity contribution is 5.29. The predicted molar refractivity (Wildman–Crippen MR) is 63.5 cm³/mol. The van der Waals surface area contributed by atoms with Crippen LogP contribution in [0.1, 0.15) is 37.2 Å². The normalized spacial score (nSPS) is 22.0. The van der Waals surface area contributed by atoms with Crippen LogP contribution in [-0.4, -0.2) is 29.1 Å². The van der Waals surface area contributed by atoms with Gasteiger partial charge in [-0.15, -0.1) is 0 Å². The van der Waals surface area contributed by atoms with E-state index in [0.717, 1.165) is 19.0 Å². The Kier molecular flexibility index (Phi) is 2.74. The van der Waals surface area contributed by atoms with Crippen molar-refractivity contribution in [3.8, 4) is 0 Å². The average Bonchev–Trinajstić information content (AvgIpc) is 2.78. The summed E-state index contributed by atoms with van der Waals surface area (Å²) in [5.74, 6) is 1.48. The molecule has 2 aliphatic rings. The Morgan fingerprint density at radius 1 is 1.12 bits per heavy atom. The molecule has 86 valence electrons. The molecule has 16 heavy (non-hydrogen) atoms. The van der Waals surface area contributed by atoms with E-state index in [1.807, 2.05) is 12.4 Å². The Morgan fingerprint density at radius 2 is 1.81 bits per heavy atom. The van der Waals surface area contributed by atoms with Crippen molar-refractivity contribution in [2.45, 2.75) is 37.6 Å². The van der Waals surface area contributed by atoms with Crippen molar-refractivity contribution >= 4 is 5.95 Å². The summed E-state index contributed by atoms with van der Waals surface area (Å²) in [6.45, 7) is 2.04. The Morgan fingerprint density at radius 3 is 2.38 bits per heavy atom. The first kappa shape index (κ1) is 10.0. The third kappa shape index (κ3) is 2.02. The minimum Gasteiger partial charge on any atom is -0.349 e. The quantitative estimate of drug-likeness (QED) is 0.807. The van der Waals surface area contributed by atoms with Crippen LogP contribution in [-0.2, 0) is 0 Å². The highest BCUT2D eigenvalue weighted by Crippen LogP contribution is 2.33. The zero-order valence-corrected chi connectivity index (χ0v) is 9.45. The molecule has 4 heteroatoms. The molecule has 2 fully saturated rings. The first-order valence-electron chi connectivity index (χ1n) is 6.21. The van der Waals surface area contributed by atoms with E-state index < -0.39 is 0 Å². The monoisotopic (exact) mass is 218 g/mol. The summed E-state index contributed by atoms with van der Waals surface area (Å²) < 4.78 is 0. The molecule has 0 bridgehead atoms. The maximum absolute atomic E-state index is 4.40. The van der Waals surface area contributed by atoms with Crippen LogP contribution in [0.4, 0.5) is 5.95 Å². The van der Waals surface area contributed by atoms with Crippen molar-refractivity contribution in [1.82, 2.24) is 15.3 Å². The molecule has 2 N–H and O–H groups in total. The van der Waals surface area contributed by atoms with E-state index in [-0.39, 0.29) is 0 Å². The zero-order valence-electron chi connectivity index (χ0n) is 9.45. The lowest BCUT2D eigenvalue weighted by Gasteiger charge is -2.27. The van der Waals surface area contributed by atoms with E-state index >= 15 is 0 Å². The van der Waals surface area contributed by atoms with Crippen LogP contribution in [0.2, 0.25) is 0 Å². The summed E-state index contributed by atoms with van der Waals surface area (Å²) in [5, 5.41) is 6.53. The maximum atomic E-state index is 4.40. The fraction of sp³-hybridized carbons (Fsp3) is 0.667. The number of nitrogens with one attached hydrogen (secondary N) is 2. The zero-order chi connectivity index (χ0) is 10.8. The summed E-state index contributed by atoms with van der Waals surface area (Å²) >= 11 is 0. The van der Waals surface area contributed by atoms with Crippen molar-refractivity contribution in [2.24, 2.45) is 0 Å². The highest BCUT2D eigenvalue weighted by Gasteiger charge is 2.19. The van der Waals surface area contributed by atoms with Gasteiger partial charge in [-0.25, -0.2) is 9.97 Å². The van der Waals surface area contributed by atoms with Gasteiger partial charge in [0.1, 0.15) is 0 Å². The molecule has 0 aromatic carbocycles. The van der Waals surface area contributed by atoms with Gasteiger partial charge in [0.25, 0.3) is 0 Å². The molecule has 3 rings (SSSR count). The molecular weight excluding hydrogens is 200 g/mol. The molecule has 1 aliphatic carbocycles. The number of hydrogen-bond donors (Lipinski definition) is 2. The molecule has 0 amide bonds. The topological polar surface area (TPSA) is 49.8 Å². The Bertz CT molecular complexity index is 339. The number of nitrogens with zero attached hydrogens (tertiary/aromatic N) is 2. The SMILES string of the molecule is c1nc(NC2CNC2)ncc1C1CCCC1. The lowest BCUT2D eigenvalue weighted by molar-refractivity contribution is 0.469. The fourth-order valence-electron chi connectivity index (χ4n) is 2.46. The van der Waals surface area contributed by atoms with Crippen molar-refractivity contribution in [1.29, 1.82) is 0 Å². The molecule has 0 radical (unpaired) electrons. The summed E-state index contributed by atoms with van der Waals surface area (Å²) in [6, 6.07) is 0.511. The van der Waals surface area contributed by atoms with Gasteiger partial charge in [0.05, 0.1) is 6.04 Å². The second-order valence-electron chi connectivity index (χ2n) is 4.82. The first-order valence-corrected chi connectivity index (χ1v) is 6.21. The van der Waals surface area contributed by atoms with Gasteiger partial charge in [-0.3, -0.25) is 0 Å².